The van der Waals surface area contributed by atoms with Gasteiger partial charge in [-0.1, -0.05) is 12.1 Å². The SMILES string of the molecule is CNC1CC(CS(=O)(=O)c2cccc(C)c2)C1. The van der Waals surface area contributed by atoms with E-state index < -0.39 is 9.84 Å². The van der Waals surface area contributed by atoms with E-state index in [-0.39, 0.29) is 5.75 Å². The molecule has 1 aliphatic carbocycles. The second kappa shape index (κ2) is 4.78. The summed E-state index contributed by atoms with van der Waals surface area (Å²) >= 11 is 0. The molecule has 17 heavy (non-hydrogen) atoms. The lowest BCUT2D eigenvalue weighted by Crippen LogP contribution is -2.41. The van der Waals surface area contributed by atoms with Crippen LogP contribution in [0.15, 0.2) is 29.2 Å². The minimum absolute atomic E-state index is 0.286. The van der Waals surface area contributed by atoms with Crippen LogP contribution in [-0.2, 0) is 9.84 Å². The molecule has 4 heteroatoms. The van der Waals surface area contributed by atoms with Crippen LogP contribution in [0.2, 0.25) is 0 Å². The van der Waals surface area contributed by atoms with Crippen molar-refractivity contribution < 1.29 is 8.42 Å². The van der Waals surface area contributed by atoms with Gasteiger partial charge in [-0.3, -0.25) is 0 Å². The maximum absolute atomic E-state index is 12.2. The van der Waals surface area contributed by atoms with Crippen LogP contribution in [0.4, 0.5) is 0 Å². The number of hydrogen-bond donors (Lipinski definition) is 1. The molecule has 3 nitrogen and oxygen atoms in total. The van der Waals surface area contributed by atoms with Crippen LogP contribution in [0.25, 0.3) is 0 Å². The molecule has 1 aromatic carbocycles. The molecule has 1 saturated carbocycles. The Hall–Kier alpha value is -0.870. The minimum atomic E-state index is -3.10. The zero-order valence-corrected chi connectivity index (χ0v) is 11.1. The van der Waals surface area contributed by atoms with Crippen molar-refractivity contribution in [2.24, 2.45) is 5.92 Å². The smallest absolute Gasteiger partial charge is 0.178 e. The van der Waals surface area contributed by atoms with Gasteiger partial charge in [0.15, 0.2) is 9.84 Å². The Morgan fingerprint density at radius 3 is 2.65 bits per heavy atom. The molecule has 0 atom stereocenters. The van der Waals surface area contributed by atoms with Gasteiger partial charge in [-0.2, -0.15) is 0 Å². The number of sulfone groups is 1. The van der Waals surface area contributed by atoms with Crippen LogP contribution in [0.5, 0.6) is 0 Å². The lowest BCUT2D eigenvalue weighted by atomic mass is 9.82. The fourth-order valence-corrected chi connectivity index (χ4v) is 4.06. The largest absolute Gasteiger partial charge is 0.317 e. The second-order valence-corrected chi connectivity index (χ2v) is 6.96. The predicted octanol–water partition coefficient (Wildman–Crippen LogP) is 1.77. The Kier molecular flexibility index (Phi) is 3.54. The lowest BCUT2D eigenvalue weighted by molar-refractivity contribution is 0.256. The molecule has 1 aromatic rings. The first-order valence-electron chi connectivity index (χ1n) is 5.98. The summed E-state index contributed by atoms with van der Waals surface area (Å²) in [7, 11) is -1.18. The Bertz CT molecular complexity index is 490. The maximum atomic E-state index is 12.2. The normalized spacial score (nSPS) is 24.4. The van der Waals surface area contributed by atoms with Crippen molar-refractivity contribution in [2.75, 3.05) is 12.8 Å². The third kappa shape index (κ3) is 2.87. The second-order valence-electron chi connectivity index (χ2n) is 4.92. The van der Waals surface area contributed by atoms with Crippen molar-refractivity contribution in [3.05, 3.63) is 29.8 Å². The van der Waals surface area contributed by atoms with Crippen LogP contribution in [-0.4, -0.2) is 27.3 Å². The standard InChI is InChI=1S/C13H19NO2S/c1-10-4-3-5-13(6-10)17(15,16)9-11-7-12(8-11)14-2/h3-6,11-12,14H,7-9H2,1-2H3. The summed E-state index contributed by atoms with van der Waals surface area (Å²) in [4.78, 5) is 0.463. The number of nitrogens with one attached hydrogen (secondary N) is 1. The van der Waals surface area contributed by atoms with Gasteiger partial charge in [0.05, 0.1) is 10.6 Å². The number of rotatable bonds is 4. The van der Waals surface area contributed by atoms with Gasteiger partial charge >= 0.3 is 0 Å². The van der Waals surface area contributed by atoms with E-state index in [4.69, 9.17) is 0 Å². The molecule has 0 bridgehead atoms. The van der Waals surface area contributed by atoms with E-state index in [0.29, 0.717) is 16.9 Å². The van der Waals surface area contributed by atoms with E-state index in [9.17, 15) is 8.42 Å². The summed E-state index contributed by atoms with van der Waals surface area (Å²) in [5.41, 5.74) is 0.993. The zero-order chi connectivity index (χ0) is 12.5. The van der Waals surface area contributed by atoms with Crippen LogP contribution >= 0.6 is 0 Å². The molecule has 0 spiro atoms. The van der Waals surface area contributed by atoms with Crippen molar-refractivity contribution in [2.45, 2.75) is 30.7 Å². The van der Waals surface area contributed by atoms with E-state index in [1.54, 1.807) is 18.2 Å². The Morgan fingerprint density at radius 1 is 1.35 bits per heavy atom. The molecule has 1 fully saturated rings. The topological polar surface area (TPSA) is 46.2 Å². The molecule has 0 aliphatic heterocycles. The molecule has 0 unspecified atom stereocenters. The summed E-state index contributed by atoms with van der Waals surface area (Å²) < 4.78 is 24.3. The Labute approximate surface area is 103 Å². The van der Waals surface area contributed by atoms with Crippen molar-refractivity contribution in [3.8, 4) is 0 Å². The fourth-order valence-electron chi connectivity index (χ4n) is 2.32. The van der Waals surface area contributed by atoms with Gasteiger partial charge in [0.25, 0.3) is 0 Å². The number of aryl methyl sites for hydroxylation is 1. The highest BCUT2D eigenvalue weighted by Crippen LogP contribution is 2.30. The quantitative estimate of drug-likeness (QED) is 0.889. The molecule has 2 rings (SSSR count). The average molecular weight is 253 g/mol. The van der Waals surface area contributed by atoms with Crippen LogP contribution in [0, 0.1) is 12.8 Å². The highest BCUT2D eigenvalue weighted by atomic mass is 32.2. The molecular weight excluding hydrogens is 234 g/mol. The first-order valence-corrected chi connectivity index (χ1v) is 7.63. The van der Waals surface area contributed by atoms with Crippen LogP contribution in [0.1, 0.15) is 18.4 Å². The van der Waals surface area contributed by atoms with Gasteiger partial charge < -0.3 is 5.32 Å². The molecule has 94 valence electrons. The minimum Gasteiger partial charge on any atom is -0.317 e. The van der Waals surface area contributed by atoms with Crippen LogP contribution < -0.4 is 5.32 Å². The molecule has 0 heterocycles. The van der Waals surface area contributed by atoms with Gasteiger partial charge in [-0.05, 0) is 50.4 Å². The maximum Gasteiger partial charge on any atom is 0.178 e. The van der Waals surface area contributed by atoms with Crippen molar-refractivity contribution in [1.29, 1.82) is 0 Å². The monoisotopic (exact) mass is 253 g/mol. The van der Waals surface area contributed by atoms with Gasteiger partial charge in [-0.25, -0.2) is 8.42 Å². The van der Waals surface area contributed by atoms with Gasteiger partial charge in [0, 0.05) is 6.04 Å². The Balaban J connectivity index is 2.05. The Morgan fingerprint density at radius 2 is 2.06 bits per heavy atom. The van der Waals surface area contributed by atoms with E-state index in [0.717, 1.165) is 18.4 Å². The number of hydrogen-bond acceptors (Lipinski definition) is 3. The first-order chi connectivity index (χ1) is 8.01. The summed E-state index contributed by atoms with van der Waals surface area (Å²) in [6.07, 6.45) is 1.95. The molecule has 0 aromatic heterocycles. The molecular formula is C13H19NO2S. The highest BCUT2D eigenvalue weighted by molar-refractivity contribution is 7.91. The summed E-state index contributed by atoms with van der Waals surface area (Å²) in [6.45, 7) is 1.92. The number of benzene rings is 1. The summed E-state index contributed by atoms with van der Waals surface area (Å²) in [6, 6.07) is 7.67. The first kappa shape index (κ1) is 12.6. The molecule has 0 radical (unpaired) electrons. The van der Waals surface area contributed by atoms with Gasteiger partial charge in [0.2, 0.25) is 0 Å². The molecule has 1 aliphatic rings. The third-order valence-corrected chi connectivity index (χ3v) is 5.33. The third-order valence-electron chi connectivity index (χ3n) is 3.45. The zero-order valence-electron chi connectivity index (χ0n) is 10.3. The van der Waals surface area contributed by atoms with Crippen molar-refractivity contribution in [3.63, 3.8) is 0 Å². The van der Waals surface area contributed by atoms with E-state index in [1.807, 2.05) is 20.0 Å². The van der Waals surface area contributed by atoms with Crippen molar-refractivity contribution >= 4 is 9.84 Å². The molecule has 0 saturated heterocycles. The molecule has 1 N–H and O–H groups in total. The van der Waals surface area contributed by atoms with Crippen molar-refractivity contribution in [1.82, 2.24) is 5.32 Å². The molecule has 0 amide bonds. The van der Waals surface area contributed by atoms with E-state index in [1.165, 1.54) is 0 Å². The summed E-state index contributed by atoms with van der Waals surface area (Å²) in [5.74, 6) is 0.604. The average Bonchev–Trinajstić information content (AvgIpc) is 2.23. The van der Waals surface area contributed by atoms with Crippen LogP contribution in [0.3, 0.4) is 0 Å². The van der Waals surface area contributed by atoms with E-state index >= 15 is 0 Å². The predicted molar refractivity (Wildman–Crippen MR) is 68.8 cm³/mol. The van der Waals surface area contributed by atoms with Gasteiger partial charge in [0.1, 0.15) is 0 Å². The van der Waals surface area contributed by atoms with Gasteiger partial charge in [-0.15, -0.1) is 0 Å². The summed E-state index contributed by atoms with van der Waals surface area (Å²) in [5, 5.41) is 3.17. The highest BCUT2D eigenvalue weighted by Gasteiger charge is 2.32. The lowest BCUT2D eigenvalue weighted by Gasteiger charge is -2.34. The fraction of sp³-hybridized carbons (Fsp3) is 0.538. The van der Waals surface area contributed by atoms with E-state index in [2.05, 4.69) is 5.32 Å².